The molecule has 140 valence electrons. The predicted molar refractivity (Wildman–Crippen MR) is 105 cm³/mol. The Kier molecular flexibility index (Phi) is 6.78. The highest BCUT2D eigenvalue weighted by atomic mass is 127. The van der Waals surface area contributed by atoms with E-state index in [2.05, 4.69) is 36.4 Å². The Morgan fingerprint density at radius 3 is 2.62 bits per heavy atom. The second kappa shape index (κ2) is 8.05. The third-order valence-corrected chi connectivity index (χ3v) is 5.69. The minimum absolute atomic E-state index is 0. The Morgan fingerprint density at radius 1 is 1.25 bits per heavy atom. The number of rotatable bonds is 4. The molecule has 1 aliphatic carbocycles. The second-order valence-corrected chi connectivity index (χ2v) is 7.72. The van der Waals surface area contributed by atoms with E-state index in [9.17, 15) is 5.11 Å². The van der Waals surface area contributed by atoms with Crippen molar-refractivity contribution < 1.29 is 14.6 Å². The number of fused-ring (bicyclic) bond motifs is 1. The van der Waals surface area contributed by atoms with Gasteiger partial charge < -0.3 is 25.2 Å². The van der Waals surface area contributed by atoms with Gasteiger partial charge in [-0.1, -0.05) is 13.8 Å². The predicted octanol–water partition coefficient (Wildman–Crippen LogP) is 1.51. The van der Waals surface area contributed by atoms with Crippen molar-refractivity contribution in [3.8, 4) is 0 Å². The van der Waals surface area contributed by atoms with Crippen molar-refractivity contribution in [1.82, 2.24) is 10.6 Å². The minimum atomic E-state index is -0.727. The highest BCUT2D eigenvalue weighted by Crippen LogP contribution is 2.52. The molecule has 1 saturated carbocycles. The standard InChI is InChI=1S/C17H31N3O3.HI/c1-4-18-15(19-11-17(21)6-9-22-10-7-17)20-13-12-5-8-23-14(12)16(13,2)3;/h12-14,21H,4-11H2,1-3H3,(H2,18,19,20);1H. The summed E-state index contributed by atoms with van der Waals surface area (Å²) in [6.07, 6.45) is 2.79. The molecule has 0 spiro atoms. The van der Waals surface area contributed by atoms with Crippen LogP contribution in [0.2, 0.25) is 0 Å². The fourth-order valence-electron chi connectivity index (χ4n) is 4.22. The van der Waals surface area contributed by atoms with Crippen molar-refractivity contribution in [3.63, 3.8) is 0 Å². The molecule has 3 aliphatic rings. The number of hydrogen-bond acceptors (Lipinski definition) is 4. The maximum absolute atomic E-state index is 10.6. The summed E-state index contributed by atoms with van der Waals surface area (Å²) in [6, 6.07) is 0.372. The normalized spacial score (nSPS) is 33.8. The molecule has 2 heterocycles. The first-order valence-corrected chi connectivity index (χ1v) is 8.93. The number of guanidine groups is 1. The summed E-state index contributed by atoms with van der Waals surface area (Å²) >= 11 is 0. The Bertz CT molecular complexity index is 452. The average molecular weight is 453 g/mol. The highest BCUT2D eigenvalue weighted by molar-refractivity contribution is 14.0. The number of hydrogen-bond donors (Lipinski definition) is 3. The zero-order valence-electron chi connectivity index (χ0n) is 15.0. The molecule has 3 fully saturated rings. The van der Waals surface area contributed by atoms with E-state index in [4.69, 9.17) is 9.47 Å². The van der Waals surface area contributed by atoms with E-state index in [-0.39, 0.29) is 29.4 Å². The van der Waals surface area contributed by atoms with E-state index in [1.807, 2.05) is 0 Å². The van der Waals surface area contributed by atoms with Gasteiger partial charge in [0.05, 0.1) is 18.2 Å². The minimum Gasteiger partial charge on any atom is -0.388 e. The van der Waals surface area contributed by atoms with Gasteiger partial charge in [0.2, 0.25) is 0 Å². The number of ether oxygens (including phenoxy) is 2. The van der Waals surface area contributed by atoms with Crippen LogP contribution in [0.4, 0.5) is 0 Å². The summed E-state index contributed by atoms with van der Waals surface area (Å²) < 4.78 is 11.2. The van der Waals surface area contributed by atoms with E-state index >= 15 is 0 Å². The number of nitrogens with one attached hydrogen (secondary N) is 2. The van der Waals surface area contributed by atoms with Crippen LogP contribution in [0.3, 0.4) is 0 Å². The highest BCUT2D eigenvalue weighted by Gasteiger charge is 2.59. The van der Waals surface area contributed by atoms with E-state index in [1.165, 1.54) is 0 Å². The van der Waals surface area contributed by atoms with Gasteiger partial charge >= 0.3 is 0 Å². The lowest BCUT2D eigenvalue weighted by Crippen LogP contribution is -2.68. The van der Waals surface area contributed by atoms with Crippen LogP contribution >= 0.6 is 24.0 Å². The SMILES string of the molecule is CCNC(=NCC1(O)CCOCC1)NC1C2CCOC2C1(C)C.I. The van der Waals surface area contributed by atoms with Crippen LogP contribution in [-0.4, -0.2) is 61.7 Å². The molecule has 2 saturated heterocycles. The van der Waals surface area contributed by atoms with Crippen LogP contribution in [0.25, 0.3) is 0 Å². The molecule has 0 amide bonds. The molecule has 24 heavy (non-hydrogen) atoms. The molecule has 3 unspecified atom stereocenters. The Morgan fingerprint density at radius 2 is 1.96 bits per heavy atom. The van der Waals surface area contributed by atoms with E-state index < -0.39 is 5.60 Å². The summed E-state index contributed by atoms with van der Waals surface area (Å²) in [5.74, 6) is 1.37. The maximum Gasteiger partial charge on any atom is 0.191 e. The number of aliphatic hydroxyl groups is 1. The lowest BCUT2D eigenvalue weighted by molar-refractivity contribution is -0.106. The molecule has 0 bridgehead atoms. The first-order chi connectivity index (χ1) is 11.0. The first-order valence-electron chi connectivity index (χ1n) is 8.93. The molecule has 3 N–H and O–H groups in total. The van der Waals surface area contributed by atoms with Crippen molar-refractivity contribution in [2.45, 2.75) is 57.8 Å². The van der Waals surface area contributed by atoms with Gasteiger partial charge in [-0.05, 0) is 13.3 Å². The first kappa shape index (κ1) is 20.2. The maximum atomic E-state index is 10.6. The van der Waals surface area contributed by atoms with E-state index in [1.54, 1.807) is 0 Å². The monoisotopic (exact) mass is 453 g/mol. The van der Waals surface area contributed by atoms with Crippen molar-refractivity contribution in [2.24, 2.45) is 16.3 Å². The quantitative estimate of drug-likeness (QED) is 0.342. The van der Waals surface area contributed by atoms with E-state index in [0.29, 0.717) is 50.7 Å². The molecular weight excluding hydrogens is 421 g/mol. The molecule has 3 atom stereocenters. The molecular formula is C17H32IN3O3. The lowest BCUT2D eigenvalue weighted by atomic mass is 9.57. The van der Waals surface area contributed by atoms with Crippen LogP contribution < -0.4 is 10.6 Å². The molecule has 7 heteroatoms. The Labute approximate surface area is 162 Å². The Hall–Kier alpha value is -0.120. The van der Waals surface area contributed by atoms with Gasteiger partial charge in [-0.3, -0.25) is 4.99 Å². The summed E-state index contributed by atoms with van der Waals surface area (Å²) in [5, 5.41) is 17.5. The van der Waals surface area contributed by atoms with E-state index in [0.717, 1.165) is 25.5 Å². The molecule has 3 rings (SSSR count). The van der Waals surface area contributed by atoms with Crippen LogP contribution in [-0.2, 0) is 9.47 Å². The smallest absolute Gasteiger partial charge is 0.191 e. The number of nitrogens with zero attached hydrogens (tertiary/aromatic N) is 1. The van der Waals surface area contributed by atoms with Crippen molar-refractivity contribution in [1.29, 1.82) is 0 Å². The summed E-state index contributed by atoms with van der Waals surface area (Å²) in [6.45, 7) is 9.91. The number of halogens is 1. The molecule has 0 radical (unpaired) electrons. The van der Waals surface area contributed by atoms with Gasteiger partial charge in [-0.15, -0.1) is 24.0 Å². The summed E-state index contributed by atoms with van der Waals surface area (Å²) in [4.78, 5) is 4.66. The molecule has 0 aromatic carbocycles. The van der Waals surface area contributed by atoms with Crippen LogP contribution in [0.15, 0.2) is 4.99 Å². The van der Waals surface area contributed by atoms with Crippen molar-refractivity contribution in [3.05, 3.63) is 0 Å². The fraction of sp³-hybridized carbons (Fsp3) is 0.941. The van der Waals surface area contributed by atoms with Gasteiger partial charge in [-0.2, -0.15) is 0 Å². The van der Waals surface area contributed by atoms with Gasteiger partial charge in [0.1, 0.15) is 0 Å². The third-order valence-electron chi connectivity index (χ3n) is 5.69. The second-order valence-electron chi connectivity index (χ2n) is 7.72. The van der Waals surface area contributed by atoms with Crippen molar-refractivity contribution in [2.75, 3.05) is 32.9 Å². The zero-order chi connectivity index (χ0) is 16.5. The van der Waals surface area contributed by atoms with Gasteiger partial charge in [0.15, 0.2) is 5.96 Å². The molecule has 2 aliphatic heterocycles. The summed E-state index contributed by atoms with van der Waals surface area (Å²) in [5.41, 5.74) is -0.609. The van der Waals surface area contributed by atoms with Crippen LogP contribution in [0.5, 0.6) is 0 Å². The van der Waals surface area contributed by atoms with Crippen LogP contribution in [0, 0.1) is 11.3 Å². The van der Waals surface area contributed by atoms with Gasteiger partial charge in [-0.25, -0.2) is 0 Å². The van der Waals surface area contributed by atoms with Crippen LogP contribution in [0.1, 0.15) is 40.0 Å². The molecule has 6 nitrogen and oxygen atoms in total. The fourth-order valence-corrected chi connectivity index (χ4v) is 4.22. The van der Waals surface area contributed by atoms with Crippen molar-refractivity contribution >= 4 is 29.9 Å². The third kappa shape index (κ3) is 3.99. The van der Waals surface area contributed by atoms with Gasteiger partial charge in [0, 0.05) is 56.6 Å². The number of aliphatic imine (C=N–C) groups is 1. The molecule has 0 aromatic rings. The van der Waals surface area contributed by atoms with Gasteiger partial charge in [0.25, 0.3) is 0 Å². The largest absolute Gasteiger partial charge is 0.388 e. The topological polar surface area (TPSA) is 75.1 Å². The Balaban J connectivity index is 0.00000208. The lowest BCUT2D eigenvalue weighted by Gasteiger charge is -2.55. The molecule has 0 aromatic heterocycles. The summed E-state index contributed by atoms with van der Waals surface area (Å²) in [7, 11) is 0. The average Bonchev–Trinajstić information content (AvgIpc) is 2.98. The zero-order valence-corrected chi connectivity index (χ0v) is 17.3.